The Balaban J connectivity index is 2.09. The average molecular weight is 558 g/mol. The Labute approximate surface area is 201 Å². The van der Waals surface area contributed by atoms with Gasteiger partial charge in [0, 0.05) is 17.5 Å². The van der Waals surface area contributed by atoms with E-state index in [2.05, 4.69) is 4.65 Å². The Hall–Kier alpha value is -4.11. The summed E-state index contributed by atoms with van der Waals surface area (Å²) in [5, 5.41) is -4.06. The summed E-state index contributed by atoms with van der Waals surface area (Å²) < 4.78 is 193. The highest BCUT2D eigenvalue weighted by Crippen LogP contribution is 2.32. The second-order valence-electron chi connectivity index (χ2n) is 7.30. The fourth-order valence-electron chi connectivity index (χ4n) is 3.34. The monoisotopic (exact) mass is 558 g/mol. The zero-order chi connectivity index (χ0) is 28.2. The van der Waals surface area contributed by atoms with Gasteiger partial charge in [-0.1, -0.05) is 0 Å². The first-order valence-electron chi connectivity index (χ1n) is 9.69. The third kappa shape index (κ3) is 4.22. The molecule has 4 rings (SSSR count). The van der Waals surface area contributed by atoms with Crippen molar-refractivity contribution in [3.05, 3.63) is 99.9 Å². The van der Waals surface area contributed by atoms with E-state index >= 15 is 0 Å². The van der Waals surface area contributed by atoms with Gasteiger partial charge in [0.1, 0.15) is 17.3 Å². The molecule has 0 aliphatic carbocycles. The molecule has 0 saturated heterocycles. The second kappa shape index (κ2) is 9.65. The maximum atomic E-state index is 14.9. The van der Waals surface area contributed by atoms with Gasteiger partial charge in [-0.3, -0.25) is 0 Å². The highest BCUT2D eigenvalue weighted by atomic mass is 19.2. The lowest BCUT2D eigenvalue weighted by atomic mass is 9.74. The summed E-state index contributed by atoms with van der Waals surface area (Å²) in [7, 11) is -3.18. The highest BCUT2D eigenvalue weighted by Gasteiger charge is 2.41. The number of hydrogen-bond acceptors (Lipinski definition) is 2. The van der Waals surface area contributed by atoms with Gasteiger partial charge in [0.25, 0.3) is 0 Å². The van der Waals surface area contributed by atoms with Crippen LogP contribution in [0.15, 0.2) is 24.3 Å². The third-order valence-corrected chi connectivity index (χ3v) is 5.04. The van der Waals surface area contributed by atoms with Crippen molar-refractivity contribution < 1.29 is 66.4 Å². The van der Waals surface area contributed by atoms with Crippen LogP contribution in [-0.2, 0) is 0 Å². The number of benzene rings is 4. The quantitative estimate of drug-likeness (QED) is 0.121. The van der Waals surface area contributed by atoms with Crippen molar-refractivity contribution in [2.75, 3.05) is 0 Å². The normalized spacial score (nSPS) is 11.3. The molecule has 2 nitrogen and oxygen atoms in total. The molecule has 0 aliphatic rings. The first-order chi connectivity index (χ1) is 17.8. The molecule has 0 aliphatic heterocycles. The van der Waals surface area contributed by atoms with Gasteiger partial charge in [-0.15, -0.1) is 0 Å². The molecule has 0 unspecified atom stereocenters. The first-order valence-corrected chi connectivity index (χ1v) is 9.69. The predicted molar refractivity (Wildman–Crippen MR) is 103 cm³/mol. The lowest BCUT2D eigenvalue weighted by Crippen LogP contribution is -2.46. The van der Waals surface area contributed by atoms with Gasteiger partial charge in [-0.05, 0) is 12.1 Å². The molecule has 38 heavy (non-hydrogen) atoms. The van der Waals surface area contributed by atoms with Crippen LogP contribution in [0, 0.1) is 75.6 Å². The minimum Gasteiger partial charge on any atom is -0.520 e. The van der Waals surface area contributed by atoms with Crippen molar-refractivity contribution in [3.63, 3.8) is 0 Å². The zero-order valence-corrected chi connectivity index (χ0v) is 17.6. The molecule has 198 valence electrons. The third-order valence-electron chi connectivity index (χ3n) is 5.04. The largest absolute Gasteiger partial charge is 0.636 e. The second-order valence-corrected chi connectivity index (χ2v) is 7.30. The van der Waals surface area contributed by atoms with E-state index in [1.807, 2.05) is 0 Å². The van der Waals surface area contributed by atoms with E-state index in [1.54, 1.807) is 0 Å². The molecular formula is C22H4BF13O2. The Kier molecular flexibility index (Phi) is 6.84. The van der Waals surface area contributed by atoms with Gasteiger partial charge in [0.05, 0.1) is 10.8 Å². The molecule has 0 radical (unpaired) electrons. The smallest absolute Gasteiger partial charge is 0.520 e. The van der Waals surface area contributed by atoms with Gasteiger partial charge < -0.3 is 9.31 Å². The molecule has 4 aromatic rings. The maximum Gasteiger partial charge on any atom is 0.636 e. The minimum atomic E-state index is -3.18. The van der Waals surface area contributed by atoms with E-state index in [-0.39, 0.29) is 24.3 Å². The predicted octanol–water partition coefficient (Wildman–Crippen LogP) is 6.50. The standard InChI is InChI=1S/C22H4BF13O2/c24-5-3-7(26)13(27)9(4-5)38-23(37-8-2-1-6(25)14(28)15(8)29)12-10-11(17(31)20(34)19(12)33)18(32)22(36)21(35)16(10)30/h1-4H. The summed E-state index contributed by atoms with van der Waals surface area (Å²) >= 11 is 0. The van der Waals surface area contributed by atoms with Gasteiger partial charge in [0.15, 0.2) is 64.0 Å². The van der Waals surface area contributed by atoms with E-state index < -0.39 is 110 Å². The van der Waals surface area contributed by atoms with Crippen LogP contribution in [-0.4, -0.2) is 7.12 Å². The molecule has 0 spiro atoms. The van der Waals surface area contributed by atoms with Crippen LogP contribution < -0.4 is 14.8 Å². The zero-order valence-electron chi connectivity index (χ0n) is 17.6. The van der Waals surface area contributed by atoms with Crippen molar-refractivity contribution in [1.82, 2.24) is 0 Å². The van der Waals surface area contributed by atoms with Gasteiger partial charge in [-0.2, -0.15) is 8.78 Å². The van der Waals surface area contributed by atoms with Crippen LogP contribution in [0.2, 0.25) is 0 Å². The lowest BCUT2D eigenvalue weighted by Gasteiger charge is -2.21. The Morgan fingerprint density at radius 2 is 0.947 bits per heavy atom. The van der Waals surface area contributed by atoms with E-state index in [9.17, 15) is 57.1 Å². The fraction of sp³-hybridized carbons (Fsp3) is 0. The summed E-state index contributed by atoms with van der Waals surface area (Å²) in [4.78, 5) is 0. The van der Waals surface area contributed by atoms with E-state index in [4.69, 9.17) is 4.65 Å². The van der Waals surface area contributed by atoms with Crippen molar-refractivity contribution in [2.45, 2.75) is 0 Å². The molecule has 16 heteroatoms. The van der Waals surface area contributed by atoms with Crippen molar-refractivity contribution >= 4 is 23.4 Å². The average Bonchev–Trinajstić information content (AvgIpc) is 2.87. The summed E-state index contributed by atoms with van der Waals surface area (Å²) in [6.07, 6.45) is 0. The number of rotatable bonds is 5. The molecular weight excluding hydrogens is 554 g/mol. The molecule has 4 aromatic carbocycles. The van der Waals surface area contributed by atoms with Crippen molar-refractivity contribution in [1.29, 1.82) is 0 Å². The number of hydrogen-bond donors (Lipinski definition) is 0. The van der Waals surface area contributed by atoms with Crippen LogP contribution in [0.4, 0.5) is 57.1 Å². The molecule has 0 amide bonds. The maximum absolute atomic E-state index is 14.9. The van der Waals surface area contributed by atoms with Crippen LogP contribution in [0.5, 0.6) is 11.5 Å². The molecule has 0 heterocycles. The molecule has 0 bridgehead atoms. The van der Waals surface area contributed by atoms with Crippen molar-refractivity contribution in [3.8, 4) is 11.5 Å². The fourth-order valence-corrected chi connectivity index (χ4v) is 3.34. The molecule has 0 aromatic heterocycles. The number of halogens is 13. The SMILES string of the molecule is Fc1cc(F)c(F)c(OB(Oc2ccc(F)c(F)c2F)c2c(F)c(F)c(F)c3c(F)c(F)c(F)c(F)c23)c1. The van der Waals surface area contributed by atoms with E-state index in [1.165, 1.54) is 0 Å². The van der Waals surface area contributed by atoms with Gasteiger partial charge in [-0.25, -0.2) is 48.3 Å². The van der Waals surface area contributed by atoms with Crippen LogP contribution >= 0.6 is 0 Å². The summed E-state index contributed by atoms with van der Waals surface area (Å²) in [6, 6.07) is 0.466. The highest BCUT2D eigenvalue weighted by molar-refractivity contribution is 6.66. The summed E-state index contributed by atoms with van der Waals surface area (Å²) in [6.45, 7) is 0. The van der Waals surface area contributed by atoms with E-state index in [0.29, 0.717) is 0 Å². The minimum absolute atomic E-state index is 0.0339. The molecule has 0 atom stereocenters. The Morgan fingerprint density at radius 3 is 1.55 bits per heavy atom. The number of fused-ring (bicyclic) bond motifs is 1. The van der Waals surface area contributed by atoms with Crippen LogP contribution in [0.1, 0.15) is 0 Å². The lowest BCUT2D eigenvalue weighted by molar-refractivity contribution is 0.373. The Morgan fingerprint density at radius 1 is 0.421 bits per heavy atom. The summed E-state index contributed by atoms with van der Waals surface area (Å²) in [5.74, 6) is -33.5. The van der Waals surface area contributed by atoms with Gasteiger partial charge in [0.2, 0.25) is 5.82 Å². The van der Waals surface area contributed by atoms with Gasteiger partial charge >= 0.3 is 7.12 Å². The molecule has 0 N–H and O–H groups in total. The summed E-state index contributed by atoms with van der Waals surface area (Å²) in [5.41, 5.74) is -1.97. The Bertz CT molecular complexity index is 1620. The molecule has 0 fully saturated rings. The van der Waals surface area contributed by atoms with Crippen molar-refractivity contribution in [2.24, 2.45) is 0 Å². The first kappa shape index (κ1) is 26.9. The molecule has 0 saturated carbocycles. The van der Waals surface area contributed by atoms with Crippen LogP contribution in [0.25, 0.3) is 10.8 Å². The van der Waals surface area contributed by atoms with E-state index in [0.717, 1.165) is 0 Å². The topological polar surface area (TPSA) is 18.5 Å². The van der Waals surface area contributed by atoms with Crippen LogP contribution in [0.3, 0.4) is 0 Å².